The van der Waals surface area contributed by atoms with Gasteiger partial charge in [0.25, 0.3) is 5.91 Å². The third-order valence-corrected chi connectivity index (χ3v) is 2.78. The summed E-state index contributed by atoms with van der Waals surface area (Å²) in [5.74, 6) is -2.62. The molecule has 0 saturated carbocycles. The lowest BCUT2D eigenvalue weighted by Gasteiger charge is -2.13. The molecule has 1 unspecified atom stereocenters. The smallest absolute Gasteiger partial charge is 0.326 e. The van der Waals surface area contributed by atoms with Gasteiger partial charge in [0.2, 0.25) is 5.91 Å². The topological polar surface area (TPSA) is 109 Å². The van der Waals surface area contributed by atoms with E-state index in [1.165, 1.54) is 0 Å². The normalized spacial score (nSPS) is 11.7. The van der Waals surface area contributed by atoms with Crippen LogP contribution in [0.1, 0.15) is 27.9 Å². The Bertz CT molecular complexity index is 525. The number of primary amides is 1. The Hall–Kier alpha value is -2.37. The van der Waals surface area contributed by atoms with E-state index in [2.05, 4.69) is 5.32 Å². The van der Waals surface area contributed by atoms with Gasteiger partial charge in [-0.15, -0.1) is 0 Å². The molecule has 0 aromatic heterocycles. The van der Waals surface area contributed by atoms with Crippen molar-refractivity contribution in [3.8, 4) is 0 Å². The number of carboxylic acid groups (broad SMARTS) is 1. The first kappa shape index (κ1) is 14.7. The highest BCUT2D eigenvalue weighted by Crippen LogP contribution is 2.10. The maximum absolute atomic E-state index is 11.9. The second kappa shape index (κ2) is 5.99. The predicted molar refractivity (Wildman–Crippen MR) is 68.6 cm³/mol. The van der Waals surface area contributed by atoms with Crippen molar-refractivity contribution in [2.24, 2.45) is 5.73 Å². The molecule has 0 fully saturated rings. The number of carbonyl (C=O) groups is 3. The standard InChI is InChI=1S/C13H16N2O4/c1-7-3-4-9(5-8(7)2)12(17)15-10(13(18)19)6-11(14)16/h3-5,10H,6H2,1-2H3,(H2,14,16)(H,15,17)(H,18,19). The van der Waals surface area contributed by atoms with Crippen molar-refractivity contribution in [3.63, 3.8) is 0 Å². The summed E-state index contributed by atoms with van der Waals surface area (Å²) in [7, 11) is 0. The molecule has 0 bridgehead atoms. The zero-order chi connectivity index (χ0) is 14.6. The first-order valence-corrected chi connectivity index (χ1v) is 5.70. The lowest BCUT2D eigenvalue weighted by molar-refractivity contribution is -0.140. The fraction of sp³-hybridized carbons (Fsp3) is 0.308. The number of aliphatic carboxylic acids is 1. The number of carbonyl (C=O) groups excluding carboxylic acids is 2. The monoisotopic (exact) mass is 264 g/mol. The number of hydrogen-bond acceptors (Lipinski definition) is 3. The van der Waals surface area contributed by atoms with Gasteiger partial charge in [-0.25, -0.2) is 4.79 Å². The molecule has 1 rings (SSSR count). The fourth-order valence-corrected chi connectivity index (χ4v) is 1.53. The lowest BCUT2D eigenvalue weighted by Crippen LogP contribution is -2.43. The number of hydrogen-bond donors (Lipinski definition) is 3. The Kier molecular flexibility index (Phi) is 4.63. The molecule has 0 spiro atoms. The summed E-state index contributed by atoms with van der Waals surface area (Å²) in [4.78, 5) is 33.5. The van der Waals surface area contributed by atoms with Crippen LogP contribution < -0.4 is 11.1 Å². The van der Waals surface area contributed by atoms with Crippen LogP contribution in [-0.2, 0) is 9.59 Å². The zero-order valence-corrected chi connectivity index (χ0v) is 10.8. The van der Waals surface area contributed by atoms with Gasteiger partial charge in [0.1, 0.15) is 6.04 Å². The largest absolute Gasteiger partial charge is 0.480 e. The predicted octanol–water partition coefficient (Wildman–Crippen LogP) is 0.362. The number of amides is 2. The molecule has 1 atom stereocenters. The molecule has 0 aliphatic heterocycles. The van der Waals surface area contributed by atoms with Gasteiger partial charge in [-0.3, -0.25) is 9.59 Å². The van der Waals surface area contributed by atoms with Crippen LogP contribution in [0.25, 0.3) is 0 Å². The van der Waals surface area contributed by atoms with Gasteiger partial charge in [0.15, 0.2) is 0 Å². The summed E-state index contributed by atoms with van der Waals surface area (Å²) in [6.45, 7) is 3.76. The Labute approximate surface area is 110 Å². The van der Waals surface area contributed by atoms with E-state index in [1.54, 1.807) is 18.2 Å². The third kappa shape index (κ3) is 4.09. The van der Waals surface area contributed by atoms with Crippen LogP contribution >= 0.6 is 0 Å². The van der Waals surface area contributed by atoms with Gasteiger partial charge < -0.3 is 16.2 Å². The van der Waals surface area contributed by atoms with Gasteiger partial charge in [-0.1, -0.05) is 6.07 Å². The van der Waals surface area contributed by atoms with Crippen LogP contribution in [0.4, 0.5) is 0 Å². The van der Waals surface area contributed by atoms with Gasteiger partial charge in [0, 0.05) is 5.56 Å². The Morgan fingerprint density at radius 1 is 1.26 bits per heavy atom. The zero-order valence-electron chi connectivity index (χ0n) is 10.8. The SMILES string of the molecule is Cc1ccc(C(=O)NC(CC(N)=O)C(=O)O)cc1C. The molecular formula is C13H16N2O4. The minimum absolute atomic E-state index is 0.346. The van der Waals surface area contributed by atoms with E-state index in [-0.39, 0.29) is 0 Å². The Morgan fingerprint density at radius 2 is 1.89 bits per heavy atom. The molecule has 0 radical (unpaired) electrons. The molecule has 0 heterocycles. The molecule has 6 heteroatoms. The summed E-state index contributed by atoms with van der Waals surface area (Å²) >= 11 is 0. The third-order valence-electron chi connectivity index (χ3n) is 2.78. The van der Waals surface area contributed by atoms with Gasteiger partial charge in [-0.05, 0) is 37.1 Å². The maximum Gasteiger partial charge on any atom is 0.326 e. The van der Waals surface area contributed by atoms with E-state index in [9.17, 15) is 14.4 Å². The summed E-state index contributed by atoms with van der Waals surface area (Å²) in [5.41, 5.74) is 7.24. The lowest BCUT2D eigenvalue weighted by atomic mass is 10.1. The van der Waals surface area contributed by atoms with Gasteiger partial charge >= 0.3 is 5.97 Å². The molecule has 1 aromatic carbocycles. The van der Waals surface area contributed by atoms with Crippen molar-refractivity contribution in [1.29, 1.82) is 0 Å². The van der Waals surface area contributed by atoms with Crippen molar-refractivity contribution in [1.82, 2.24) is 5.32 Å². The van der Waals surface area contributed by atoms with Crippen molar-refractivity contribution >= 4 is 17.8 Å². The minimum atomic E-state index is -1.31. The van der Waals surface area contributed by atoms with Crippen LogP contribution in [0, 0.1) is 13.8 Å². The minimum Gasteiger partial charge on any atom is -0.480 e. The number of nitrogens with one attached hydrogen (secondary N) is 1. The van der Waals surface area contributed by atoms with E-state index in [1.807, 2.05) is 13.8 Å². The van der Waals surface area contributed by atoms with Crippen molar-refractivity contribution in [2.45, 2.75) is 26.3 Å². The highest BCUT2D eigenvalue weighted by Gasteiger charge is 2.22. The van der Waals surface area contributed by atoms with Gasteiger partial charge in [0.05, 0.1) is 6.42 Å². The molecule has 1 aromatic rings. The molecule has 2 amide bonds. The van der Waals surface area contributed by atoms with Gasteiger partial charge in [-0.2, -0.15) is 0 Å². The summed E-state index contributed by atoms with van der Waals surface area (Å²) in [6, 6.07) is 3.72. The average Bonchev–Trinajstić information content (AvgIpc) is 2.31. The molecule has 19 heavy (non-hydrogen) atoms. The van der Waals surface area contributed by atoms with E-state index < -0.39 is 30.2 Å². The molecule has 0 saturated heterocycles. The van der Waals surface area contributed by atoms with E-state index in [4.69, 9.17) is 10.8 Å². The van der Waals surface area contributed by atoms with E-state index >= 15 is 0 Å². The quantitative estimate of drug-likeness (QED) is 0.713. The van der Waals surface area contributed by atoms with E-state index in [0.717, 1.165) is 11.1 Å². The molecule has 0 aliphatic carbocycles. The molecule has 102 valence electrons. The van der Waals surface area contributed by atoms with Crippen molar-refractivity contribution < 1.29 is 19.5 Å². The Morgan fingerprint density at radius 3 is 2.37 bits per heavy atom. The van der Waals surface area contributed by atoms with Crippen LogP contribution in [-0.4, -0.2) is 28.9 Å². The highest BCUT2D eigenvalue weighted by atomic mass is 16.4. The summed E-state index contributed by atoms with van der Waals surface area (Å²) in [5, 5.41) is 11.2. The van der Waals surface area contributed by atoms with E-state index in [0.29, 0.717) is 5.56 Å². The molecule has 0 aliphatic rings. The molecule has 6 nitrogen and oxygen atoms in total. The maximum atomic E-state index is 11.9. The number of nitrogens with two attached hydrogens (primary N) is 1. The number of carboxylic acids is 1. The fourth-order valence-electron chi connectivity index (χ4n) is 1.53. The number of rotatable bonds is 5. The second-order valence-corrected chi connectivity index (χ2v) is 4.33. The van der Waals surface area contributed by atoms with Crippen LogP contribution in [0.2, 0.25) is 0 Å². The average molecular weight is 264 g/mol. The summed E-state index contributed by atoms with van der Waals surface area (Å²) < 4.78 is 0. The van der Waals surface area contributed by atoms with Crippen molar-refractivity contribution in [2.75, 3.05) is 0 Å². The second-order valence-electron chi connectivity index (χ2n) is 4.33. The summed E-state index contributed by atoms with van der Waals surface area (Å²) in [6.07, 6.45) is -0.439. The van der Waals surface area contributed by atoms with Crippen LogP contribution in [0.5, 0.6) is 0 Å². The van der Waals surface area contributed by atoms with Crippen LogP contribution in [0.3, 0.4) is 0 Å². The first-order chi connectivity index (χ1) is 8.81. The highest BCUT2D eigenvalue weighted by molar-refractivity contribution is 5.97. The number of aryl methyl sites for hydroxylation is 2. The molecular weight excluding hydrogens is 248 g/mol. The first-order valence-electron chi connectivity index (χ1n) is 5.70. The van der Waals surface area contributed by atoms with Crippen LogP contribution in [0.15, 0.2) is 18.2 Å². The van der Waals surface area contributed by atoms with Crippen molar-refractivity contribution in [3.05, 3.63) is 34.9 Å². The number of benzene rings is 1. The Balaban J connectivity index is 2.84. The molecule has 4 N–H and O–H groups in total.